The molecule has 0 saturated carbocycles. The number of hydrogen-bond donors (Lipinski definition) is 4. The van der Waals surface area contributed by atoms with Gasteiger partial charge in [-0.3, -0.25) is 13.9 Å². The fraction of sp³-hybridized carbons (Fsp3) is 0.944. The van der Waals surface area contributed by atoms with E-state index in [-0.39, 0.29) is 11.9 Å². The second kappa shape index (κ2) is 10.1. The summed E-state index contributed by atoms with van der Waals surface area (Å²) in [4.78, 5) is 14.9. The van der Waals surface area contributed by atoms with Gasteiger partial charge in [-0.2, -0.15) is 0 Å². The first kappa shape index (κ1) is 24.0. The Bertz CT molecular complexity index is 568. The van der Waals surface area contributed by atoms with Gasteiger partial charge in [-0.1, -0.05) is 13.3 Å². The topological polar surface area (TPSA) is 119 Å². The summed E-state index contributed by atoms with van der Waals surface area (Å²) < 4.78 is 17.5. The van der Waals surface area contributed by atoms with Crippen LogP contribution in [-0.4, -0.2) is 97.5 Å². The van der Waals surface area contributed by atoms with Gasteiger partial charge in [0.05, 0.1) is 28.3 Å². The summed E-state index contributed by atoms with van der Waals surface area (Å²) in [7, 11) is 0.301. The Balaban J connectivity index is 2.14. The van der Waals surface area contributed by atoms with Crippen molar-refractivity contribution in [1.82, 2.24) is 10.2 Å². The molecular weight excluding hydrogens is 408 g/mol. The molecule has 2 fully saturated rings. The fourth-order valence-electron chi connectivity index (χ4n) is 4.19. The number of carbonyl (C=O) groups is 1. The lowest BCUT2D eigenvalue weighted by Crippen LogP contribution is -2.66. The van der Waals surface area contributed by atoms with E-state index in [4.69, 9.17) is 16.3 Å². The number of carbonyl (C=O) groups excluding carboxylic acids is 1. The van der Waals surface area contributed by atoms with Gasteiger partial charge in [0.15, 0.2) is 5.44 Å². The second-order valence-electron chi connectivity index (χ2n) is 8.00. The molecule has 0 bridgehead atoms. The van der Waals surface area contributed by atoms with Crippen molar-refractivity contribution in [2.24, 2.45) is 5.92 Å². The van der Waals surface area contributed by atoms with Gasteiger partial charge in [-0.15, -0.1) is 11.6 Å². The molecule has 2 aliphatic heterocycles. The molecule has 0 aromatic carbocycles. The number of aliphatic hydroxyl groups excluding tert-OH is 3. The Morgan fingerprint density at radius 2 is 1.96 bits per heavy atom. The van der Waals surface area contributed by atoms with Gasteiger partial charge in [-0.05, 0) is 32.7 Å². The smallest absolute Gasteiger partial charge is 0.237 e. The van der Waals surface area contributed by atoms with Crippen LogP contribution in [0.15, 0.2) is 0 Å². The van der Waals surface area contributed by atoms with Gasteiger partial charge in [0.2, 0.25) is 5.91 Å². The number of alkyl halides is 1. The van der Waals surface area contributed by atoms with Crippen LogP contribution in [-0.2, 0) is 20.3 Å². The number of rotatable bonds is 7. The van der Waals surface area contributed by atoms with Crippen molar-refractivity contribution in [3.63, 3.8) is 0 Å². The second-order valence-corrected chi connectivity index (χ2v) is 10.1. The van der Waals surface area contributed by atoms with E-state index < -0.39 is 52.1 Å². The molecule has 0 radical (unpaired) electrons. The number of halogens is 1. The maximum atomic E-state index is 12.9. The van der Waals surface area contributed by atoms with Crippen molar-refractivity contribution >= 4 is 28.3 Å². The molecule has 2 aliphatic rings. The maximum Gasteiger partial charge on any atom is 0.237 e. The molecule has 0 spiro atoms. The first-order valence-corrected chi connectivity index (χ1v) is 11.8. The number of nitrogens with zero attached hydrogens (tertiary/aromatic N) is 1. The summed E-state index contributed by atoms with van der Waals surface area (Å²) >= 11 is 6.28. The highest BCUT2D eigenvalue weighted by Gasteiger charge is 2.49. The number of likely N-dealkylation sites (tertiary alicyclic amines) is 1. The highest BCUT2D eigenvalue weighted by atomic mass is 35.5. The Hall–Kier alpha value is -0.290. The number of nitrogens with one attached hydrogen (secondary N) is 1. The normalized spacial score (nSPS) is 40.1. The zero-order valence-electron chi connectivity index (χ0n) is 16.8. The van der Waals surface area contributed by atoms with Gasteiger partial charge in [-0.25, -0.2) is 0 Å². The quantitative estimate of drug-likeness (QED) is 0.390. The summed E-state index contributed by atoms with van der Waals surface area (Å²) in [6.45, 7) is 4.61. The van der Waals surface area contributed by atoms with E-state index in [0.717, 1.165) is 25.8 Å². The minimum atomic E-state index is -1.60. The predicted octanol–water partition coefficient (Wildman–Crippen LogP) is -0.595. The summed E-state index contributed by atoms with van der Waals surface area (Å²) in [5.74, 6) is 0.238. The molecule has 10 atom stereocenters. The monoisotopic (exact) mass is 440 g/mol. The number of likely N-dealkylation sites (N-methyl/N-ethyl adjacent to an activating group) is 1. The molecule has 2 saturated heterocycles. The van der Waals surface area contributed by atoms with Crippen molar-refractivity contribution in [1.29, 1.82) is 0 Å². The molecule has 0 aliphatic carbocycles. The van der Waals surface area contributed by atoms with Gasteiger partial charge in [0.1, 0.15) is 24.4 Å². The van der Waals surface area contributed by atoms with Crippen LogP contribution in [0.3, 0.4) is 0 Å². The van der Waals surface area contributed by atoms with E-state index in [1.807, 2.05) is 11.9 Å². The Kier molecular flexibility index (Phi) is 8.69. The molecule has 0 aromatic rings. The van der Waals surface area contributed by atoms with Crippen LogP contribution in [0.25, 0.3) is 0 Å². The summed E-state index contributed by atoms with van der Waals surface area (Å²) in [5.41, 5.74) is -1.18. The number of amides is 1. The van der Waals surface area contributed by atoms with Crippen molar-refractivity contribution in [3.8, 4) is 0 Å². The predicted molar refractivity (Wildman–Crippen MR) is 107 cm³/mol. The molecule has 28 heavy (non-hydrogen) atoms. The van der Waals surface area contributed by atoms with Gasteiger partial charge < -0.3 is 25.4 Å². The van der Waals surface area contributed by atoms with E-state index in [2.05, 4.69) is 12.2 Å². The molecule has 1 amide bonds. The number of hydrogen-bond acceptors (Lipinski definition) is 7. The molecule has 8 nitrogen and oxygen atoms in total. The number of aliphatic hydroxyl groups is 3. The van der Waals surface area contributed by atoms with E-state index in [1.165, 1.54) is 6.26 Å². The minimum Gasteiger partial charge on any atom is -0.388 e. The minimum absolute atomic E-state index is 0.218. The first-order valence-electron chi connectivity index (χ1n) is 9.75. The molecule has 4 N–H and O–H groups in total. The largest absolute Gasteiger partial charge is 0.388 e. The van der Waals surface area contributed by atoms with Crippen LogP contribution >= 0.6 is 11.6 Å². The fourth-order valence-corrected chi connectivity index (χ4v) is 5.24. The molecule has 0 unspecified atom stereocenters. The van der Waals surface area contributed by atoms with Crippen LogP contribution in [0.4, 0.5) is 0 Å². The maximum absolute atomic E-state index is 12.9. The average Bonchev–Trinajstić information content (AvgIpc) is 2.98. The van der Waals surface area contributed by atoms with Crippen molar-refractivity contribution in [3.05, 3.63) is 0 Å². The number of ether oxygens (including phenoxy) is 1. The van der Waals surface area contributed by atoms with E-state index in [0.29, 0.717) is 5.92 Å². The third kappa shape index (κ3) is 5.24. The van der Waals surface area contributed by atoms with Crippen LogP contribution in [0, 0.1) is 5.92 Å². The molecule has 2 heterocycles. The Morgan fingerprint density at radius 1 is 1.32 bits per heavy atom. The third-order valence-corrected chi connectivity index (χ3v) is 7.04. The summed E-state index contributed by atoms with van der Waals surface area (Å²) in [6.07, 6.45) is -1.41. The lowest BCUT2D eigenvalue weighted by atomic mass is 9.92. The lowest BCUT2D eigenvalue weighted by molar-refractivity contribution is -0.206. The van der Waals surface area contributed by atoms with Gasteiger partial charge >= 0.3 is 0 Å². The van der Waals surface area contributed by atoms with Crippen molar-refractivity contribution < 1.29 is 29.1 Å². The van der Waals surface area contributed by atoms with Crippen molar-refractivity contribution in [2.75, 3.05) is 19.8 Å². The summed E-state index contributed by atoms with van der Waals surface area (Å²) in [6, 6.07) is -1.13. The van der Waals surface area contributed by atoms with Gasteiger partial charge in [0, 0.05) is 12.8 Å². The SMILES string of the molecule is CCC[C@@H]1C[C@H](C(=O)N[C@H]([C@@H]2O[C@H]([S@@](C)=O)[C@@H](O)[C@@H](O)[C@H]2O)[C@@H](C)Cl)N(C)C1. The van der Waals surface area contributed by atoms with Crippen LogP contribution < -0.4 is 5.32 Å². The highest BCUT2D eigenvalue weighted by molar-refractivity contribution is 7.84. The first-order chi connectivity index (χ1) is 13.1. The standard InChI is InChI=1S/C18H33ClN2O6S/c1-5-6-10-7-11(21(3)8-10)17(25)20-12(9(2)19)16-14(23)13(22)15(24)18(27-16)28(4)26/h9-16,18,22-24H,5-8H2,1-4H3,(H,20,25)/t9-,10-,11-,12+,13+,14-,15+,16+,18-,28-/m1/s1. The molecule has 164 valence electrons. The van der Waals surface area contributed by atoms with Crippen molar-refractivity contribution in [2.45, 2.75) is 80.4 Å². The zero-order chi connectivity index (χ0) is 21.2. The Morgan fingerprint density at radius 3 is 2.50 bits per heavy atom. The summed E-state index contributed by atoms with van der Waals surface area (Å²) in [5, 5.41) is 32.8. The van der Waals surface area contributed by atoms with Crippen LogP contribution in [0.2, 0.25) is 0 Å². The molecular formula is C18H33ClN2O6S. The van der Waals surface area contributed by atoms with E-state index in [1.54, 1.807) is 6.92 Å². The van der Waals surface area contributed by atoms with Crippen LogP contribution in [0.1, 0.15) is 33.1 Å². The molecule has 2 rings (SSSR count). The van der Waals surface area contributed by atoms with E-state index >= 15 is 0 Å². The molecule has 0 aromatic heterocycles. The highest BCUT2D eigenvalue weighted by Crippen LogP contribution is 2.29. The Labute approximate surface area is 174 Å². The third-order valence-electron chi connectivity index (χ3n) is 5.73. The van der Waals surface area contributed by atoms with E-state index in [9.17, 15) is 24.3 Å². The zero-order valence-corrected chi connectivity index (χ0v) is 18.4. The van der Waals surface area contributed by atoms with Gasteiger partial charge in [0.25, 0.3) is 0 Å². The lowest BCUT2D eigenvalue weighted by Gasteiger charge is -2.43. The van der Waals surface area contributed by atoms with Crippen LogP contribution in [0.5, 0.6) is 0 Å². The molecule has 10 heteroatoms. The average molecular weight is 441 g/mol.